The van der Waals surface area contributed by atoms with Crippen molar-refractivity contribution < 1.29 is 9.53 Å². The Balaban J connectivity index is 1.84. The van der Waals surface area contributed by atoms with Crippen LogP contribution in [0.2, 0.25) is 0 Å². The maximum atomic E-state index is 12.2. The predicted molar refractivity (Wildman–Crippen MR) is 91.3 cm³/mol. The standard InChI is InChI=1S/C18H21NO2S/c1-13-4-6-15(7-5-13)12-19-18(20)14(2)22-17-10-8-16(21-3)9-11-17/h4-11,14H,12H2,1-3H3,(H,19,20)/t14-/m1/s1. The third-order valence-electron chi connectivity index (χ3n) is 3.33. The van der Waals surface area contributed by atoms with Crippen molar-refractivity contribution in [1.29, 1.82) is 0 Å². The topological polar surface area (TPSA) is 38.3 Å². The highest BCUT2D eigenvalue weighted by molar-refractivity contribution is 8.00. The van der Waals surface area contributed by atoms with Crippen LogP contribution in [0.3, 0.4) is 0 Å². The molecule has 0 aliphatic rings. The summed E-state index contributed by atoms with van der Waals surface area (Å²) in [4.78, 5) is 13.2. The smallest absolute Gasteiger partial charge is 0.233 e. The molecule has 0 radical (unpaired) electrons. The molecule has 0 saturated heterocycles. The molecule has 0 heterocycles. The summed E-state index contributed by atoms with van der Waals surface area (Å²) in [5.74, 6) is 0.863. The largest absolute Gasteiger partial charge is 0.497 e. The van der Waals surface area contributed by atoms with Gasteiger partial charge in [0, 0.05) is 11.4 Å². The lowest BCUT2D eigenvalue weighted by Gasteiger charge is -2.12. The van der Waals surface area contributed by atoms with E-state index in [9.17, 15) is 4.79 Å². The first-order valence-corrected chi connectivity index (χ1v) is 8.10. The van der Waals surface area contributed by atoms with E-state index < -0.39 is 0 Å². The number of ether oxygens (including phenoxy) is 1. The summed E-state index contributed by atoms with van der Waals surface area (Å²) in [5.41, 5.74) is 2.33. The Morgan fingerprint density at radius 1 is 1.14 bits per heavy atom. The number of rotatable bonds is 6. The SMILES string of the molecule is COc1ccc(S[C@H](C)C(=O)NCc2ccc(C)cc2)cc1. The van der Waals surface area contributed by atoms with Gasteiger partial charge in [-0.15, -0.1) is 11.8 Å². The minimum absolute atomic E-state index is 0.0430. The van der Waals surface area contributed by atoms with Crippen molar-refractivity contribution in [3.8, 4) is 5.75 Å². The van der Waals surface area contributed by atoms with Crippen molar-refractivity contribution in [2.24, 2.45) is 0 Å². The second-order valence-corrected chi connectivity index (χ2v) is 6.55. The predicted octanol–water partition coefficient (Wildman–Crippen LogP) is 3.80. The van der Waals surface area contributed by atoms with Crippen molar-refractivity contribution in [2.75, 3.05) is 7.11 Å². The fraction of sp³-hybridized carbons (Fsp3) is 0.278. The van der Waals surface area contributed by atoms with E-state index in [0.29, 0.717) is 6.54 Å². The molecule has 0 fully saturated rings. The molecule has 22 heavy (non-hydrogen) atoms. The summed E-state index contributed by atoms with van der Waals surface area (Å²) in [7, 11) is 1.64. The van der Waals surface area contributed by atoms with Crippen LogP contribution >= 0.6 is 11.8 Å². The van der Waals surface area contributed by atoms with Crippen molar-refractivity contribution in [2.45, 2.75) is 30.5 Å². The zero-order valence-electron chi connectivity index (χ0n) is 13.1. The number of hydrogen-bond acceptors (Lipinski definition) is 3. The zero-order chi connectivity index (χ0) is 15.9. The summed E-state index contributed by atoms with van der Waals surface area (Å²) in [6.07, 6.45) is 0. The van der Waals surface area contributed by atoms with Crippen LogP contribution in [-0.4, -0.2) is 18.3 Å². The molecule has 2 aromatic carbocycles. The molecule has 1 amide bonds. The average molecular weight is 315 g/mol. The van der Waals surface area contributed by atoms with Gasteiger partial charge in [0.25, 0.3) is 0 Å². The number of methoxy groups -OCH3 is 1. The van der Waals surface area contributed by atoms with Gasteiger partial charge >= 0.3 is 0 Å². The van der Waals surface area contributed by atoms with Gasteiger partial charge in [-0.1, -0.05) is 29.8 Å². The van der Waals surface area contributed by atoms with Crippen LogP contribution in [0.25, 0.3) is 0 Å². The van der Waals surface area contributed by atoms with E-state index >= 15 is 0 Å². The fourth-order valence-corrected chi connectivity index (χ4v) is 2.84. The van der Waals surface area contributed by atoms with Crippen LogP contribution in [0.5, 0.6) is 5.75 Å². The number of amides is 1. The third-order valence-corrected chi connectivity index (χ3v) is 4.44. The molecule has 1 atom stereocenters. The Kier molecular flexibility index (Phi) is 5.90. The molecule has 2 rings (SSSR count). The molecule has 0 aliphatic heterocycles. The van der Waals surface area contributed by atoms with Crippen LogP contribution in [0.4, 0.5) is 0 Å². The molecule has 1 N–H and O–H groups in total. The maximum absolute atomic E-state index is 12.2. The molecule has 0 spiro atoms. The highest BCUT2D eigenvalue weighted by Crippen LogP contribution is 2.25. The van der Waals surface area contributed by atoms with Gasteiger partial charge < -0.3 is 10.1 Å². The maximum Gasteiger partial charge on any atom is 0.233 e. The number of carbonyl (C=O) groups excluding carboxylic acids is 1. The van der Waals surface area contributed by atoms with Crippen molar-refractivity contribution in [3.05, 3.63) is 59.7 Å². The van der Waals surface area contributed by atoms with Crippen LogP contribution in [0, 0.1) is 6.92 Å². The van der Waals surface area contributed by atoms with E-state index in [1.54, 1.807) is 18.9 Å². The molecule has 116 valence electrons. The van der Waals surface area contributed by atoms with E-state index in [0.717, 1.165) is 16.2 Å². The monoisotopic (exact) mass is 315 g/mol. The molecular formula is C18H21NO2S. The Labute approximate surface area is 136 Å². The summed E-state index contributed by atoms with van der Waals surface area (Å²) in [5, 5.41) is 2.84. The van der Waals surface area contributed by atoms with Crippen LogP contribution in [-0.2, 0) is 11.3 Å². The Morgan fingerprint density at radius 2 is 1.77 bits per heavy atom. The normalized spacial score (nSPS) is 11.8. The number of nitrogens with one attached hydrogen (secondary N) is 1. The Morgan fingerprint density at radius 3 is 2.36 bits per heavy atom. The number of hydrogen-bond donors (Lipinski definition) is 1. The van der Waals surface area contributed by atoms with E-state index in [2.05, 4.69) is 24.4 Å². The van der Waals surface area contributed by atoms with Crippen molar-refractivity contribution in [3.63, 3.8) is 0 Å². The van der Waals surface area contributed by atoms with Gasteiger partial charge in [0.15, 0.2) is 0 Å². The minimum Gasteiger partial charge on any atom is -0.497 e. The van der Waals surface area contributed by atoms with Gasteiger partial charge in [0.05, 0.1) is 12.4 Å². The molecule has 0 saturated carbocycles. The lowest BCUT2D eigenvalue weighted by molar-refractivity contribution is -0.120. The highest BCUT2D eigenvalue weighted by Gasteiger charge is 2.14. The van der Waals surface area contributed by atoms with E-state index in [4.69, 9.17) is 4.74 Å². The Bertz CT molecular complexity index is 608. The van der Waals surface area contributed by atoms with Crippen molar-refractivity contribution >= 4 is 17.7 Å². The number of aryl methyl sites for hydroxylation is 1. The Hall–Kier alpha value is -1.94. The lowest BCUT2D eigenvalue weighted by Crippen LogP contribution is -2.30. The number of thioether (sulfide) groups is 1. The minimum atomic E-state index is -0.140. The van der Waals surface area contributed by atoms with Crippen LogP contribution < -0.4 is 10.1 Å². The molecule has 0 bridgehead atoms. The number of benzene rings is 2. The first kappa shape index (κ1) is 16.4. The first-order valence-electron chi connectivity index (χ1n) is 7.22. The lowest BCUT2D eigenvalue weighted by atomic mass is 10.1. The molecule has 0 aliphatic carbocycles. The molecular weight excluding hydrogens is 294 g/mol. The van der Waals surface area contributed by atoms with Gasteiger partial charge in [0.2, 0.25) is 5.91 Å². The second-order valence-electron chi connectivity index (χ2n) is 5.14. The van der Waals surface area contributed by atoms with E-state index in [-0.39, 0.29) is 11.2 Å². The summed E-state index contributed by atoms with van der Waals surface area (Å²) >= 11 is 1.54. The van der Waals surface area contributed by atoms with E-state index in [1.807, 2.05) is 43.3 Å². The average Bonchev–Trinajstić information content (AvgIpc) is 2.54. The first-order chi connectivity index (χ1) is 10.6. The van der Waals surface area contributed by atoms with Gasteiger partial charge in [0.1, 0.15) is 5.75 Å². The highest BCUT2D eigenvalue weighted by atomic mass is 32.2. The summed E-state index contributed by atoms with van der Waals surface area (Å²) in [6.45, 7) is 4.53. The van der Waals surface area contributed by atoms with Gasteiger partial charge in [-0.2, -0.15) is 0 Å². The van der Waals surface area contributed by atoms with Crippen LogP contribution in [0.1, 0.15) is 18.1 Å². The van der Waals surface area contributed by atoms with Crippen LogP contribution in [0.15, 0.2) is 53.4 Å². The quantitative estimate of drug-likeness (QED) is 0.824. The van der Waals surface area contributed by atoms with Crippen molar-refractivity contribution in [1.82, 2.24) is 5.32 Å². The molecule has 0 aromatic heterocycles. The van der Waals surface area contributed by atoms with Gasteiger partial charge in [-0.3, -0.25) is 4.79 Å². The third kappa shape index (κ3) is 4.81. The van der Waals surface area contributed by atoms with Gasteiger partial charge in [-0.05, 0) is 43.7 Å². The molecule has 2 aromatic rings. The van der Waals surface area contributed by atoms with Gasteiger partial charge in [-0.25, -0.2) is 0 Å². The number of carbonyl (C=O) groups is 1. The molecule has 0 unspecified atom stereocenters. The summed E-state index contributed by atoms with van der Waals surface area (Å²) in [6, 6.07) is 15.9. The molecule has 4 heteroatoms. The van der Waals surface area contributed by atoms with E-state index in [1.165, 1.54) is 5.56 Å². The molecule has 3 nitrogen and oxygen atoms in total. The summed E-state index contributed by atoms with van der Waals surface area (Å²) < 4.78 is 5.13. The second kappa shape index (κ2) is 7.90. The fourth-order valence-electron chi connectivity index (χ4n) is 1.95. The zero-order valence-corrected chi connectivity index (χ0v) is 13.9.